The number of ether oxygens (including phenoxy) is 1. The van der Waals surface area contributed by atoms with Crippen molar-refractivity contribution in [3.63, 3.8) is 0 Å². The Hall–Kier alpha value is -2.09. The van der Waals surface area contributed by atoms with Crippen LogP contribution in [-0.2, 0) is 9.53 Å². The van der Waals surface area contributed by atoms with E-state index in [4.69, 9.17) is 11.5 Å². The molecule has 0 radical (unpaired) electrons. The summed E-state index contributed by atoms with van der Waals surface area (Å²) in [6.07, 6.45) is 0. The zero-order valence-corrected chi connectivity index (χ0v) is 10.7. The lowest BCUT2D eigenvalue weighted by Gasteiger charge is -2.05. The van der Waals surface area contributed by atoms with Crippen molar-refractivity contribution in [3.8, 4) is 0 Å². The minimum Gasteiger partial charge on any atom is -0.452 e. The molecular weight excluding hydrogens is 306 g/mol. The molecule has 0 spiro atoms. The van der Waals surface area contributed by atoms with Gasteiger partial charge in [0.1, 0.15) is 0 Å². The molecule has 0 saturated carbocycles. The smallest absolute Gasteiger partial charge is 0.338 e. The predicted octanol–water partition coefficient (Wildman–Crippen LogP) is 0.383. The molecule has 96 valence electrons. The summed E-state index contributed by atoms with van der Waals surface area (Å²) >= 11 is 3.18. The summed E-state index contributed by atoms with van der Waals surface area (Å²) in [6, 6.07) is 3.45. The highest BCUT2D eigenvalue weighted by molar-refractivity contribution is 9.10. The van der Waals surface area contributed by atoms with Gasteiger partial charge in [0.15, 0.2) is 6.61 Å². The molecule has 0 aliphatic heterocycles. The maximum Gasteiger partial charge on any atom is 0.338 e. The minimum atomic E-state index is -1.01. The third kappa shape index (κ3) is 4.06. The molecule has 1 aromatic rings. The van der Waals surface area contributed by atoms with E-state index in [-0.39, 0.29) is 5.56 Å². The zero-order valence-electron chi connectivity index (χ0n) is 9.10. The highest BCUT2D eigenvalue weighted by atomic mass is 79.9. The first-order valence-corrected chi connectivity index (χ1v) is 5.51. The second-order valence-electron chi connectivity index (χ2n) is 3.22. The number of urea groups is 1. The summed E-state index contributed by atoms with van der Waals surface area (Å²) in [5, 5.41) is 1.76. The standard InChI is InChI=1S/C10H10BrN3O4/c11-6-2-1-5(3-7(6)12)9(16)18-4-8(15)14-10(13)17/h1-3H,4,12H2,(H3,13,14,15,17). The fraction of sp³-hybridized carbons (Fsp3) is 0.100. The zero-order chi connectivity index (χ0) is 13.7. The lowest BCUT2D eigenvalue weighted by atomic mass is 10.2. The number of carbonyl (C=O) groups excluding carboxylic acids is 3. The molecule has 0 atom stereocenters. The van der Waals surface area contributed by atoms with E-state index in [1.807, 2.05) is 0 Å². The number of nitrogens with one attached hydrogen (secondary N) is 1. The first-order valence-electron chi connectivity index (χ1n) is 4.71. The first-order chi connectivity index (χ1) is 8.40. The Morgan fingerprint density at radius 1 is 1.33 bits per heavy atom. The van der Waals surface area contributed by atoms with Crippen LogP contribution in [-0.4, -0.2) is 24.5 Å². The number of esters is 1. The molecule has 8 heteroatoms. The lowest BCUT2D eigenvalue weighted by molar-refractivity contribution is -0.123. The van der Waals surface area contributed by atoms with Crippen LogP contribution in [0.1, 0.15) is 10.4 Å². The average Bonchev–Trinajstić information content (AvgIpc) is 2.28. The molecule has 3 amide bonds. The van der Waals surface area contributed by atoms with Crippen molar-refractivity contribution in [2.75, 3.05) is 12.3 Å². The van der Waals surface area contributed by atoms with Gasteiger partial charge in [0, 0.05) is 10.2 Å². The molecular formula is C10H10BrN3O4. The van der Waals surface area contributed by atoms with Crippen molar-refractivity contribution in [2.45, 2.75) is 0 Å². The van der Waals surface area contributed by atoms with Gasteiger partial charge < -0.3 is 16.2 Å². The Morgan fingerprint density at radius 2 is 2.00 bits per heavy atom. The topological polar surface area (TPSA) is 125 Å². The molecule has 1 rings (SSSR count). The lowest BCUT2D eigenvalue weighted by Crippen LogP contribution is -2.37. The SMILES string of the molecule is NC(=O)NC(=O)COC(=O)c1ccc(Br)c(N)c1. The average molecular weight is 316 g/mol. The number of hydrogen-bond acceptors (Lipinski definition) is 5. The molecule has 0 aliphatic rings. The van der Waals surface area contributed by atoms with E-state index in [1.165, 1.54) is 12.1 Å². The number of primary amides is 1. The normalized spacial score (nSPS) is 9.61. The monoisotopic (exact) mass is 315 g/mol. The molecule has 18 heavy (non-hydrogen) atoms. The number of imide groups is 1. The van der Waals surface area contributed by atoms with Crippen LogP contribution in [0.3, 0.4) is 0 Å². The van der Waals surface area contributed by atoms with Gasteiger partial charge in [-0.1, -0.05) is 0 Å². The van der Waals surface area contributed by atoms with E-state index in [9.17, 15) is 14.4 Å². The van der Waals surface area contributed by atoms with Crippen LogP contribution in [0.2, 0.25) is 0 Å². The molecule has 0 aromatic heterocycles. The summed E-state index contributed by atoms with van der Waals surface area (Å²) < 4.78 is 5.30. The number of nitrogen functional groups attached to an aromatic ring is 1. The summed E-state index contributed by atoms with van der Waals surface area (Å²) in [6.45, 7) is -0.599. The Bertz CT molecular complexity index is 504. The van der Waals surface area contributed by atoms with Crippen molar-refractivity contribution < 1.29 is 19.1 Å². The van der Waals surface area contributed by atoms with Crippen LogP contribution in [0.4, 0.5) is 10.5 Å². The van der Waals surface area contributed by atoms with Crippen LogP contribution >= 0.6 is 15.9 Å². The summed E-state index contributed by atoms with van der Waals surface area (Å²) in [5.41, 5.74) is 10.9. The van der Waals surface area contributed by atoms with E-state index in [1.54, 1.807) is 11.4 Å². The summed E-state index contributed by atoms with van der Waals surface area (Å²) in [4.78, 5) is 32.8. The molecule has 0 heterocycles. The van der Waals surface area contributed by atoms with Gasteiger partial charge in [-0.3, -0.25) is 10.1 Å². The van der Waals surface area contributed by atoms with E-state index >= 15 is 0 Å². The van der Waals surface area contributed by atoms with E-state index in [0.717, 1.165) is 0 Å². The van der Waals surface area contributed by atoms with Crippen LogP contribution in [0.25, 0.3) is 0 Å². The van der Waals surface area contributed by atoms with Gasteiger partial charge in [-0.05, 0) is 34.1 Å². The van der Waals surface area contributed by atoms with E-state index in [0.29, 0.717) is 10.2 Å². The van der Waals surface area contributed by atoms with Gasteiger partial charge in [0.25, 0.3) is 5.91 Å². The van der Waals surface area contributed by atoms with E-state index < -0.39 is 24.5 Å². The number of rotatable bonds is 3. The van der Waals surface area contributed by atoms with Crippen molar-refractivity contribution in [2.24, 2.45) is 5.73 Å². The number of hydrogen-bond donors (Lipinski definition) is 3. The van der Waals surface area contributed by atoms with Crippen molar-refractivity contribution in [1.82, 2.24) is 5.32 Å². The largest absolute Gasteiger partial charge is 0.452 e. The molecule has 0 bridgehead atoms. The molecule has 0 fully saturated rings. The van der Waals surface area contributed by atoms with Crippen molar-refractivity contribution in [3.05, 3.63) is 28.2 Å². The van der Waals surface area contributed by atoms with Gasteiger partial charge in [-0.15, -0.1) is 0 Å². The Morgan fingerprint density at radius 3 is 2.56 bits per heavy atom. The van der Waals surface area contributed by atoms with Gasteiger partial charge in [-0.25, -0.2) is 9.59 Å². The van der Waals surface area contributed by atoms with Crippen LogP contribution in [0.5, 0.6) is 0 Å². The molecule has 0 aliphatic carbocycles. The number of benzene rings is 1. The van der Waals surface area contributed by atoms with Gasteiger partial charge in [0.05, 0.1) is 5.56 Å². The second kappa shape index (κ2) is 6.01. The highest BCUT2D eigenvalue weighted by Gasteiger charge is 2.12. The van der Waals surface area contributed by atoms with Crippen LogP contribution in [0, 0.1) is 0 Å². The number of carbonyl (C=O) groups is 3. The maximum absolute atomic E-state index is 11.5. The van der Waals surface area contributed by atoms with Gasteiger partial charge in [0.2, 0.25) is 0 Å². The highest BCUT2D eigenvalue weighted by Crippen LogP contribution is 2.20. The summed E-state index contributed by atoms with van der Waals surface area (Å²) in [5.74, 6) is -1.53. The van der Waals surface area contributed by atoms with Crippen LogP contribution < -0.4 is 16.8 Å². The number of nitrogens with two attached hydrogens (primary N) is 2. The Balaban J connectivity index is 2.58. The molecule has 5 N–H and O–H groups in total. The van der Waals surface area contributed by atoms with Gasteiger partial charge in [-0.2, -0.15) is 0 Å². The summed E-state index contributed by atoms with van der Waals surface area (Å²) in [7, 11) is 0. The first kappa shape index (κ1) is 14.0. The number of halogens is 1. The fourth-order valence-electron chi connectivity index (χ4n) is 1.06. The quantitative estimate of drug-likeness (QED) is 0.549. The maximum atomic E-state index is 11.5. The predicted molar refractivity (Wildman–Crippen MR) is 66.6 cm³/mol. The molecule has 0 unspecified atom stereocenters. The van der Waals surface area contributed by atoms with Gasteiger partial charge >= 0.3 is 12.0 Å². The van der Waals surface area contributed by atoms with Crippen LogP contribution in [0.15, 0.2) is 22.7 Å². The van der Waals surface area contributed by atoms with Crippen molar-refractivity contribution in [1.29, 1.82) is 0 Å². The number of anilines is 1. The molecule has 1 aromatic carbocycles. The molecule has 7 nitrogen and oxygen atoms in total. The van der Waals surface area contributed by atoms with Crippen molar-refractivity contribution >= 4 is 39.5 Å². The second-order valence-corrected chi connectivity index (χ2v) is 4.08. The Kier molecular flexibility index (Phi) is 4.67. The van der Waals surface area contributed by atoms with E-state index in [2.05, 4.69) is 20.7 Å². The Labute approximate surface area is 111 Å². The molecule has 0 saturated heterocycles. The third-order valence-corrected chi connectivity index (χ3v) is 2.55. The number of amides is 3. The third-order valence-electron chi connectivity index (χ3n) is 1.83. The minimum absolute atomic E-state index is 0.197. The fourth-order valence-corrected chi connectivity index (χ4v) is 1.31.